The van der Waals surface area contributed by atoms with E-state index in [0.29, 0.717) is 17.8 Å². The first-order valence-electron chi connectivity index (χ1n) is 6.12. The minimum atomic E-state index is -0.273. The number of hydrogen-bond donors (Lipinski definition) is 4. The van der Waals surface area contributed by atoms with E-state index in [2.05, 4.69) is 5.32 Å². The summed E-state index contributed by atoms with van der Waals surface area (Å²) in [5.74, 6) is -0.247. The zero-order chi connectivity index (χ0) is 13.4. The van der Waals surface area contributed by atoms with Gasteiger partial charge < -0.3 is 21.3 Å². The molecule has 0 saturated heterocycles. The molecule has 0 saturated carbocycles. The van der Waals surface area contributed by atoms with Crippen LogP contribution in [0.4, 0.5) is 5.69 Å². The molecule has 0 aliphatic rings. The second-order valence-electron chi connectivity index (χ2n) is 4.17. The topological polar surface area (TPSA) is 95.6 Å². The number of anilines is 1. The van der Waals surface area contributed by atoms with Crippen molar-refractivity contribution in [3.05, 3.63) is 23.8 Å². The third-order valence-electron chi connectivity index (χ3n) is 2.65. The maximum atomic E-state index is 11.8. The number of nitrogens with one attached hydrogen (secondary N) is 1. The number of hydrogen-bond acceptors (Lipinski definition) is 4. The Morgan fingerprint density at radius 2 is 1.94 bits per heavy atom. The van der Waals surface area contributed by atoms with E-state index >= 15 is 0 Å². The van der Waals surface area contributed by atoms with E-state index in [1.807, 2.05) is 0 Å². The van der Waals surface area contributed by atoms with E-state index in [1.165, 1.54) is 18.2 Å². The molecular formula is C13H20N2O3. The Balaban J connectivity index is 2.34. The van der Waals surface area contributed by atoms with Crippen LogP contribution in [0.2, 0.25) is 0 Å². The summed E-state index contributed by atoms with van der Waals surface area (Å²) >= 11 is 0. The van der Waals surface area contributed by atoms with Crippen molar-refractivity contribution in [1.29, 1.82) is 0 Å². The molecule has 0 spiro atoms. The molecule has 0 aliphatic heterocycles. The number of amides is 1. The average Bonchev–Trinajstić information content (AvgIpc) is 2.36. The number of carbonyl (C=O) groups excluding carboxylic acids is 1. The number of nitrogens with two attached hydrogens (primary N) is 1. The summed E-state index contributed by atoms with van der Waals surface area (Å²) in [7, 11) is 0. The van der Waals surface area contributed by atoms with E-state index in [4.69, 9.17) is 10.8 Å². The summed E-state index contributed by atoms with van der Waals surface area (Å²) in [6.45, 7) is 0.783. The van der Waals surface area contributed by atoms with Crippen LogP contribution in [0.3, 0.4) is 0 Å². The smallest absolute Gasteiger partial charge is 0.253 e. The molecule has 1 rings (SSSR count). The molecule has 18 heavy (non-hydrogen) atoms. The molecule has 1 aromatic carbocycles. The lowest BCUT2D eigenvalue weighted by molar-refractivity contribution is 0.0953. The first-order valence-corrected chi connectivity index (χ1v) is 6.12. The molecule has 1 aromatic rings. The molecule has 0 radical (unpaired) electrons. The largest absolute Gasteiger partial charge is 0.508 e. The van der Waals surface area contributed by atoms with Gasteiger partial charge >= 0.3 is 0 Å². The van der Waals surface area contributed by atoms with Gasteiger partial charge in [-0.2, -0.15) is 0 Å². The van der Waals surface area contributed by atoms with Gasteiger partial charge in [-0.1, -0.05) is 12.8 Å². The third-order valence-corrected chi connectivity index (χ3v) is 2.65. The van der Waals surface area contributed by atoms with Crippen LogP contribution in [-0.2, 0) is 0 Å². The van der Waals surface area contributed by atoms with Gasteiger partial charge in [0.15, 0.2) is 0 Å². The number of aliphatic hydroxyl groups excluding tert-OH is 1. The van der Waals surface area contributed by atoms with Crippen LogP contribution in [-0.4, -0.2) is 29.3 Å². The predicted octanol–water partition coefficient (Wildman–Crippen LogP) is 1.26. The van der Waals surface area contributed by atoms with Crippen molar-refractivity contribution in [2.24, 2.45) is 0 Å². The van der Waals surface area contributed by atoms with E-state index < -0.39 is 0 Å². The number of phenolic OH excluding ortho intramolecular Hbond substituents is 1. The summed E-state index contributed by atoms with van der Waals surface area (Å²) < 4.78 is 0. The van der Waals surface area contributed by atoms with Crippen molar-refractivity contribution < 1.29 is 15.0 Å². The Bertz CT molecular complexity index is 394. The van der Waals surface area contributed by atoms with E-state index in [9.17, 15) is 9.90 Å². The third kappa shape index (κ3) is 4.63. The molecule has 0 atom stereocenters. The number of carbonyl (C=O) groups is 1. The lowest BCUT2D eigenvalue weighted by atomic mass is 10.1. The van der Waals surface area contributed by atoms with Gasteiger partial charge in [-0.15, -0.1) is 0 Å². The van der Waals surface area contributed by atoms with E-state index in [1.54, 1.807) is 0 Å². The van der Waals surface area contributed by atoms with Crippen LogP contribution >= 0.6 is 0 Å². The summed E-state index contributed by atoms with van der Waals surface area (Å²) in [5, 5.41) is 20.7. The first-order chi connectivity index (χ1) is 8.65. The fraction of sp³-hybridized carbons (Fsp3) is 0.462. The summed E-state index contributed by atoms with van der Waals surface area (Å²) in [5.41, 5.74) is 6.31. The fourth-order valence-electron chi connectivity index (χ4n) is 1.63. The molecule has 0 aliphatic carbocycles. The Morgan fingerprint density at radius 3 is 2.67 bits per heavy atom. The number of unbranched alkanes of at least 4 members (excludes halogenated alkanes) is 3. The quantitative estimate of drug-likeness (QED) is 0.334. The predicted molar refractivity (Wildman–Crippen MR) is 70.4 cm³/mol. The van der Waals surface area contributed by atoms with Crippen molar-refractivity contribution in [2.45, 2.75) is 25.7 Å². The van der Waals surface area contributed by atoms with Crippen molar-refractivity contribution in [3.63, 3.8) is 0 Å². The van der Waals surface area contributed by atoms with Gasteiger partial charge in [0.1, 0.15) is 5.75 Å². The molecule has 5 heteroatoms. The molecule has 1 amide bonds. The monoisotopic (exact) mass is 252 g/mol. The molecule has 0 fully saturated rings. The zero-order valence-electron chi connectivity index (χ0n) is 10.4. The van der Waals surface area contributed by atoms with Gasteiger partial charge in [0, 0.05) is 18.8 Å². The highest BCUT2D eigenvalue weighted by Crippen LogP contribution is 2.18. The SMILES string of the molecule is Nc1ccc(O)cc1C(=O)NCCCCCCO. The molecule has 5 nitrogen and oxygen atoms in total. The van der Waals surface area contributed by atoms with Crippen LogP contribution in [0.5, 0.6) is 5.75 Å². The Hall–Kier alpha value is -1.75. The number of aromatic hydroxyl groups is 1. The molecule has 0 aromatic heterocycles. The number of benzene rings is 1. The lowest BCUT2D eigenvalue weighted by Crippen LogP contribution is -2.25. The molecule has 5 N–H and O–H groups in total. The second-order valence-corrected chi connectivity index (χ2v) is 4.17. The van der Waals surface area contributed by atoms with Crippen molar-refractivity contribution >= 4 is 11.6 Å². The molecule has 100 valence electrons. The summed E-state index contributed by atoms with van der Waals surface area (Å²) in [6, 6.07) is 4.31. The maximum absolute atomic E-state index is 11.8. The number of aliphatic hydroxyl groups is 1. The Morgan fingerprint density at radius 1 is 1.22 bits per heavy atom. The van der Waals surface area contributed by atoms with Crippen LogP contribution in [0.15, 0.2) is 18.2 Å². The van der Waals surface area contributed by atoms with Gasteiger partial charge in [-0.25, -0.2) is 0 Å². The molecule has 0 bridgehead atoms. The molecule has 0 unspecified atom stereocenters. The second kappa shape index (κ2) is 7.55. The van der Waals surface area contributed by atoms with Crippen LogP contribution in [0.1, 0.15) is 36.0 Å². The van der Waals surface area contributed by atoms with Crippen molar-refractivity contribution in [2.75, 3.05) is 18.9 Å². The van der Waals surface area contributed by atoms with Gasteiger partial charge in [0.05, 0.1) is 5.56 Å². The highest BCUT2D eigenvalue weighted by atomic mass is 16.3. The Kier molecular flexibility index (Phi) is 6.00. The summed E-state index contributed by atoms with van der Waals surface area (Å²) in [4.78, 5) is 11.8. The Labute approximate surface area is 107 Å². The number of phenols is 1. The molecule has 0 heterocycles. The minimum absolute atomic E-state index is 0.0253. The maximum Gasteiger partial charge on any atom is 0.253 e. The normalized spacial score (nSPS) is 10.3. The first kappa shape index (κ1) is 14.3. The van der Waals surface area contributed by atoms with Crippen LogP contribution < -0.4 is 11.1 Å². The van der Waals surface area contributed by atoms with Gasteiger partial charge in [0.2, 0.25) is 0 Å². The fourth-order valence-corrected chi connectivity index (χ4v) is 1.63. The average molecular weight is 252 g/mol. The highest BCUT2D eigenvalue weighted by Gasteiger charge is 2.09. The van der Waals surface area contributed by atoms with Gasteiger partial charge in [-0.05, 0) is 31.0 Å². The minimum Gasteiger partial charge on any atom is -0.508 e. The van der Waals surface area contributed by atoms with Crippen molar-refractivity contribution in [1.82, 2.24) is 5.32 Å². The standard InChI is InChI=1S/C13H20N2O3/c14-12-6-5-10(17)9-11(12)13(18)15-7-3-1-2-4-8-16/h5-6,9,16-17H,1-4,7-8,14H2,(H,15,18). The van der Waals surface area contributed by atoms with Crippen LogP contribution in [0.25, 0.3) is 0 Å². The lowest BCUT2D eigenvalue weighted by Gasteiger charge is -2.07. The van der Waals surface area contributed by atoms with Crippen LogP contribution in [0, 0.1) is 0 Å². The zero-order valence-corrected chi connectivity index (χ0v) is 10.4. The van der Waals surface area contributed by atoms with Gasteiger partial charge in [0.25, 0.3) is 5.91 Å². The van der Waals surface area contributed by atoms with E-state index in [-0.39, 0.29) is 18.3 Å². The van der Waals surface area contributed by atoms with Crippen molar-refractivity contribution in [3.8, 4) is 5.75 Å². The van der Waals surface area contributed by atoms with E-state index in [0.717, 1.165) is 25.7 Å². The number of nitrogen functional groups attached to an aromatic ring is 1. The van der Waals surface area contributed by atoms with Gasteiger partial charge in [-0.3, -0.25) is 4.79 Å². The highest BCUT2D eigenvalue weighted by molar-refractivity contribution is 5.99. The summed E-state index contributed by atoms with van der Waals surface area (Å²) in [6.07, 6.45) is 3.59. The molecular weight excluding hydrogens is 232 g/mol. The number of rotatable bonds is 7.